The van der Waals surface area contributed by atoms with E-state index in [4.69, 9.17) is 5.73 Å². The summed E-state index contributed by atoms with van der Waals surface area (Å²) in [5.41, 5.74) is 6.78. The Morgan fingerprint density at radius 2 is 1.94 bits per heavy atom. The van der Waals surface area contributed by atoms with Crippen LogP contribution in [0.1, 0.15) is 10.4 Å². The van der Waals surface area contributed by atoms with Crippen LogP contribution in [0.15, 0.2) is 46.9 Å². The molecule has 0 fully saturated rings. The van der Waals surface area contributed by atoms with Crippen molar-refractivity contribution in [1.82, 2.24) is 0 Å². The quantitative estimate of drug-likeness (QED) is 0.590. The van der Waals surface area contributed by atoms with Gasteiger partial charge in [-0.05, 0) is 46.3 Å². The van der Waals surface area contributed by atoms with Gasteiger partial charge in [0.1, 0.15) is 5.75 Å². The summed E-state index contributed by atoms with van der Waals surface area (Å²) in [5, 5.41) is 12.0. The molecule has 2 aromatic carbocycles. The number of hydrogen-bond donors (Lipinski definition) is 3. The first-order valence-corrected chi connectivity index (χ1v) is 6.01. The predicted octanol–water partition coefficient (Wildman–Crippen LogP) is 2.99. The largest absolute Gasteiger partial charge is 0.506 e. The third kappa shape index (κ3) is 2.62. The van der Waals surface area contributed by atoms with Crippen LogP contribution >= 0.6 is 15.9 Å². The van der Waals surface area contributed by atoms with E-state index < -0.39 is 0 Å². The fourth-order valence-corrected chi connectivity index (χ4v) is 1.84. The Balaban J connectivity index is 2.22. The first kappa shape index (κ1) is 12.4. The number of amides is 1. The van der Waals surface area contributed by atoms with Crippen molar-refractivity contribution in [3.63, 3.8) is 0 Å². The van der Waals surface area contributed by atoms with Crippen LogP contribution in [0.2, 0.25) is 0 Å². The van der Waals surface area contributed by atoms with Crippen LogP contribution in [0.5, 0.6) is 5.75 Å². The van der Waals surface area contributed by atoms with Gasteiger partial charge in [-0.25, -0.2) is 0 Å². The fourth-order valence-electron chi connectivity index (χ4n) is 1.45. The third-order valence-electron chi connectivity index (χ3n) is 2.41. The Morgan fingerprint density at radius 3 is 2.61 bits per heavy atom. The van der Waals surface area contributed by atoms with Crippen molar-refractivity contribution in [3.8, 4) is 5.75 Å². The van der Waals surface area contributed by atoms with Gasteiger partial charge in [0.25, 0.3) is 5.91 Å². The lowest BCUT2D eigenvalue weighted by Crippen LogP contribution is -2.12. The van der Waals surface area contributed by atoms with Crippen molar-refractivity contribution in [2.45, 2.75) is 0 Å². The number of aromatic hydroxyl groups is 1. The van der Waals surface area contributed by atoms with E-state index in [-0.39, 0.29) is 17.3 Å². The average Bonchev–Trinajstić information content (AvgIpc) is 2.35. The zero-order valence-electron chi connectivity index (χ0n) is 9.35. The van der Waals surface area contributed by atoms with E-state index in [9.17, 15) is 9.90 Å². The number of phenolic OH excluding ortho intramolecular Hbond substituents is 1. The molecule has 0 saturated heterocycles. The lowest BCUT2D eigenvalue weighted by Gasteiger charge is -2.08. The molecule has 0 heterocycles. The second-order valence-electron chi connectivity index (χ2n) is 3.71. The maximum atomic E-state index is 12.0. The zero-order chi connectivity index (χ0) is 13.1. The van der Waals surface area contributed by atoms with Gasteiger partial charge >= 0.3 is 0 Å². The molecule has 0 bridgehead atoms. The molecule has 0 unspecified atom stereocenters. The summed E-state index contributed by atoms with van der Waals surface area (Å²) in [7, 11) is 0. The van der Waals surface area contributed by atoms with Gasteiger partial charge in [-0.15, -0.1) is 0 Å². The summed E-state index contributed by atoms with van der Waals surface area (Å²) >= 11 is 3.34. The zero-order valence-corrected chi connectivity index (χ0v) is 10.9. The van der Waals surface area contributed by atoms with Gasteiger partial charge in [-0.3, -0.25) is 4.79 Å². The van der Waals surface area contributed by atoms with Crippen LogP contribution in [0.25, 0.3) is 0 Å². The number of nitrogens with one attached hydrogen (secondary N) is 1. The van der Waals surface area contributed by atoms with Gasteiger partial charge in [0.2, 0.25) is 0 Å². The van der Waals surface area contributed by atoms with Gasteiger partial charge in [0.05, 0.1) is 11.4 Å². The Bertz CT molecular complexity index is 599. The number of nitrogen functional groups attached to an aromatic ring is 1. The van der Waals surface area contributed by atoms with E-state index in [0.29, 0.717) is 11.3 Å². The molecule has 0 saturated carbocycles. The molecule has 0 aliphatic carbocycles. The minimum Gasteiger partial charge on any atom is -0.506 e. The lowest BCUT2D eigenvalue weighted by molar-refractivity contribution is 0.102. The van der Waals surface area contributed by atoms with Crippen molar-refractivity contribution in [2.24, 2.45) is 0 Å². The number of rotatable bonds is 2. The number of anilines is 2. The number of benzene rings is 2. The number of para-hydroxylation sites is 1. The first-order chi connectivity index (χ1) is 8.58. The molecule has 0 aromatic heterocycles. The Kier molecular flexibility index (Phi) is 3.53. The molecule has 5 heteroatoms. The summed E-state index contributed by atoms with van der Waals surface area (Å²) in [6, 6.07) is 11.6. The number of carbonyl (C=O) groups is 1. The predicted molar refractivity (Wildman–Crippen MR) is 74.6 cm³/mol. The van der Waals surface area contributed by atoms with Crippen LogP contribution in [0.3, 0.4) is 0 Å². The SMILES string of the molecule is Nc1cc(C(=O)Nc2ccccc2Br)ccc1O. The highest BCUT2D eigenvalue weighted by atomic mass is 79.9. The summed E-state index contributed by atoms with van der Waals surface area (Å²) < 4.78 is 0.796. The van der Waals surface area contributed by atoms with Crippen LogP contribution in [0.4, 0.5) is 11.4 Å². The molecule has 0 atom stereocenters. The Morgan fingerprint density at radius 1 is 1.22 bits per heavy atom. The second kappa shape index (κ2) is 5.10. The van der Waals surface area contributed by atoms with E-state index in [1.165, 1.54) is 18.2 Å². The number of nitrogens with two attached hydrogens (primary N) is 1. The number of carbonyl (C=O) groups excluding carboxylic acids is 1. The second-order valence-corrected chi connectivity index (χ2v) is 4.56. The minimum absolute atomic E-state index is 0.0348. The number of phenols is 1. The molecule has 4 nitrogen and oxygen atoms in total. The van der Waals surface area contributed by atoms with Gasteiger partial charge in [0, 0.05) is 10.0 Å². The first-order valence-electron chi connectivity index (χ1n) is 5.22. The van der Waals surface area contributed by atoms with Crippen molar-refractivity contribution in [2.75, 3.05) is 11.1 Å². The molecule has 2 rings (SSSR count). The highest BCUT2D eigenvalue weighted by molar-refractivity contribution is 9.10. The fraction of sp³-hybridized carbons (Fsp3) is 0. The summed E-state index contributed by atoms with van der Waals surface area (Å²) in [6.07, 6.45) is 0. The third-order valence-corrected chi connectivity index (χ3v) is 3.10. The molecule has 92 valence electrons. The molecule has 1 amide bonds. The smallest absolute Gasteiger partial charge is 0.255 e. The van der Waals surface area contributed by atoms with E-state index in [1.807, 2.05) is 18.2 Å². The van der Waals surface area contributed by atoms with Crippen molar-refractivity contribution in [3.05, 3.63) is 52.5 Å². The minimum atomic E-state index is -0.284. The highest BCUT2D eigenvalue weighted by Crippen LogP contribution is 2.24. The van der Waals surface area contributed by atoms with Gasteiger partial charge in [-0.2, -0.15) is 0 Å². The van der Waals surface area contributed by atoms with E-state index >= 15 is 0 Å². The topological polar surface area (TPSA) is 75.4 Å². The molecule has 18 heavy (non-hydrogen) atoms. The molecule has 4 N–H and O–H groups in total. The van der Waals surface area contributed by atoms with E-state index in [2.05, 4.69) is 21.2 Å². The van der Waals surface area contributed by atoms with Gasteiger partial charge in [0.15, 0.2) is 0 Å². The Labute approximate surface area is 113 Å². The summed E-state index contributed by atoms with van der Waals surface area (Å²) in [5.74, 6) is -0.318. The molecule has 0 aliphatic rings. The maximum absolute atomic E-state index is 12.0. The van der Waals surface area contributed by atoms with Crippen LogP contribution in [-0.4, -0.2) is 11.0 Å². The molecular formula is C13H11BrN2O2. The van der Waals surface area contributed by atoms with Gasteiger partial charge < -0.3 is 16.2 Å². The number of hydrogen-bond acceptors (Lipinski definition) is 3. The standard InChI is InChI=1S/C13H11BrN2O2/c14-9-3-1-2-4-11(9)16-13(18)8-5-6-12(17)10(15)7-8/h1-7,17H,15H2,(H,16,18). The van der Waals surface area contributed by atoms with Crippen LogP contribution in [-0.2, 0) is 0 Å². The molecule has 0 spiro atoms. The Hall–Kier alpha value is -2.01. The monoisotopic (exact) mass is 306 g/mol. The van der Waals surface area contributed by atoms with Crippen molar-refractivity contribution in [1.29, 1.82) is 0 Å². The van der Waals surface area contributed by atoms with E-state index in [0.717, 1.165) is 4.47 Å². The molecule has 0 radical (unpaired) electrons. The van der Waals surface area contributed by atoms with Crippen LogP contribution in [0, 0.1) is 0 Å². The highest BCUT2D eigenvalue weighted by Gasteiger charge is 2.09. The lowest BCUT2D eigenvalue weighted by atomic mass is 10.1. The number of halogens is 1. The maximum Gasteiger partial charge on any atom is 0.255 e. The average molecular weight is 307 g/mol. The summed E-state index contributed by atoms with van der Waals surface area (Å²) in [4.78, 5) is 12.0. The normalized spacial score (nSPS) is 10.1. The summed E-state index contributed by atoms with van der Waals surface area (Å²) in [6.45, 7) is 0. The van der Waals surface area contributed by atoms with Crippen molar-refractivity contribution < 1.29 is 9.90 Å². The van der Waals surface area contributed by atoms with Crippen LogP contribution < -0.4 is 11.1 Å². The molecular weight excluding hydrogens is 296 g/mol. The molecule has 0 aliphatic heterocycles. The van der Waals surface area contributed by atoms with Crippen molar-refractivity contribution >= 4 is 33.2 Å². The van der Waals surface area contributed by atoms with E-state index in [1.54, 1.807) is 6.07 Å². The van der Waals surface area contributed by atoms with Gasteiger partial charge in [-0.1, -0.05) is 12.1 Å². The molecule has 2 aromatic rings.